The molecule has 8 heteroatoms. The Hall–Kier alpha value is -1.99. The normalized spacial score (nSPS) is 25.1. The van der Waals surface area contributed by atoms with Crippen molar-refractivity contribution in [3.8, 4) is 0 Å². The first-order chi connectivity index (χ1) is 13.0. The first-order valence-corrected chi connectivity index (χ1v) is 10.3. The van der Waals surface area contributed by atoms with E-state index in [1.165, 1.54) is 0 Å². The Labute approximate surface area is 160 Å². The van der Waals surface area contributed by atoms with Crippen molar-refractivity contribution in [1.29, 1.82) is 0 Å². The summed E-state index contributed by atoms with van der Waals surface area (Å²) in [6, 6.07) is 0. The smallest absolute Gasteiger partial charge is 0.233 e. The number of hydrogen-bond donors (Lipinski definition) is 0. The third-order valence-electron chi connectivity index (χ3n) is 6.41. The standard InChI is InChI=1S/C19H30N6O2/c1-14(2)12-24-13-19(11-16(24)26)6-9-23(10-7-19)18(27)15-5-3-4-8-25-17(15)20-21-22-25/h14-15H,3-13H2,1-2H3/t15-/m1/s1. The van der Waals surface area contributed by atoms with Crippen LogP contribution in [0.25, 0.3) is 0 Å². The summed E-state index contributed by atoms with van der Waals surface area (Å²) in [5.74, 6) is 1.43. The van der Waals surface area contributed by atoms with Crippen molar-refractivity contribution >= 4 is 11.8 Å². The third-order valence-corrected chi connectivity index (χ3v) is 6.41. The maximum absolute atomic E-state index is 13.2. The van der Waals surface area contributed by atoms with E-state index >= 15 is 0 Å². The molecule has 2 fully saturated rings. The average molecular weight is 374 g/mol. The van der Waals surface area contributed by atoms with Crippen LogP contribution in [-0.4, -0.2) is 68.0 Å². The van der Waals surface area contributed by atoms with Crippen LogP contribution in [0.1, 0.15) is 64.1 Å². The Morgan fingerprint density at radius 2 is 2.00 bits per heavy atom. The van der Waals surface area contributed by atoms with E-state index in [1.54, 1.807) is 4.68 Å². The van der Waals surface area contributed by atoms with Gasteiger partial charge >= 0.3 is 0 Å². The minimum Gasteiger partial charge on any atom is -0.342 e. The second-order valence-electron chi connectivity index (χ2n) is 8.98. The number of nitrogens with zero attached hydrogens (tertiary/aromatic N) is 6. The summed E-state index contributed by atoms with van der Waals surface area (Å²) < 4.78 is 1.79. The Morgan fingerprint density at radius 3 is 2.74 bits per heavy atom. The van der Waals surface area contributed by atoms with Gasteiger partial charge in [0.2, 0.25) is 11.8 Å². The van der Waals surface area contributed by atoms with Crippen molar-refractivity contribution < 1.29 is 9.59 Å². The van der Waals surface area contributed by atoms with Crippen molar-refractivity contribution in [2.75, 3.05) is 26.2 Å². The summed E-state index contributed by atoms with van der Waals surface area (Å²) in [6.07, 6.45) is 5.31. The molecular formula is C19H30N6O2. The van der Waals surface area contributed by atoms with E-state index in [9.17, 15) is 9.59 Å². The molecule has 1 aromatic heterocycles. The van der Waals surface area contributed by atoms with Gasteiger partial charge in [0.05, 0.1) is 5.92 Å². The number of aryl methyl sites for hydroxylation is 1. The number of carbonyl (C=O) groups excluding carboxylic acids is 2. The van der Waals surface area contributed by atoms with Gasteiger partial charge in [-0.2, -0.15) is 0 Å². The molecule has 3 aliphatic rings. The van der Waals surface area contributed by atoms with Crippen LogP contribution in [0.5, 0.6) is 0 Å². The van der Waals surface area contributed by atoms with Gasteiger partial charge in [-0.25, -0.2) is 4.68 Å². The van der Waals surface area contributed by atoms with Crippen LogP contribution in [-0.2, 0) is 16.1 Å². The Kier molecular flexibility index (Phi) is 4.90. The van der Waals surface area contributed by atoms with Crippen LogP contribution in [0, 0.1) is 11.3 Å². The minimum atomic E-state index is -0.223. The zero-order chi connectivity index (χ0) is 19.0. The number of rotatable bonds is 3. The molecule has 4 heterocycles. The maximum Gasteiger partial charge on any atom is 0.233 e. The van der Waals surface area contributed by atoms with E-state index in [2.05, 4.69) is 29.4 Å². The summed E-state index contributed by atoms with van der Waals surface area (Å²) in [5.41, 5.74) is 0.0633. The molecule has 1 atom stereocenters. The summed E-state index contributed by atoms with van der Waals surface area (Å²) in [7, 11) is 0. The molecule has 0 N–H and O–H groups in total. The van der Waals surface area contributed by atoms with E-state index in [0.717, 1.165) is 70.7 Å². The number of likely N-dealkylation sites (tertiary alicyclic amines) is 2. The van der Waals surface area contributed by atoms with Crippen LogP contribution < -0.4 is 0 Å². The van der Waals surface area contributed by atoms with Crippen LogP contribution >= 0.6 is 0 Å². The quantitative estimate of drug-likeness (QED) is 0.799. The van der Waals surface area contributed by atoms with Crippen molar-refractivity contribution in [2.24, 2.45) is 11.3 Å². The molecule has 0 aromatic carbocycles. The van der Waals surface area contributed by atoms with E-state index in [4.69, 9.17) is 0 Å². The number of fused-ring (bicyclic) bond motifs is 1. The molecule has 0 radical (unpaired) electrons. The second kappa shape index (κ2) is 7.20. The lowest BCUT2D eigenvalue weighted by molar-refractivity contribution is -0.135. The van der Waals surface area contributed by atoms with Crippen LogP contribution in [0.3, 0.4) is 0 Å². The molecule has 2 saturated heterocycles. The van der Waals surface area contributed by atoms with Gasteiger partial charge in [-0.15, -0.1) is 5.10 Å². The van der Waals surface area contributed by atoms with Crippen molar-refractivity contribution in [3.05, 3.63) is 5.82 Å². The van der Waals surface area contributed by atoms with Crippen molar-refractivity contribution in [3.63, 3.8) is 0 Å². The fourth-order valence-corrected chi connectivity index (χ4v) is 4.94. The van der Waals surface area contributed by atoms with Gasteiger partial charge < -0.3 is 9.80 Å². The molecule has 3 aliphatic heterocycles. The van der Waals surface area contributed by atoms with Gasteiger partial charge in [0, 0.05) is 44.6 Å². The number of hydrogen-bond acceptors (Lipinski definition) is 5. The van der Waals surface area contributed by atoms with Gasteiger partial charge in [0.15, 0.2) is 5.82 Å². The van der Waals surface area contributed by atoms with Gasteiger partial charge in [-0.1, -0.05) is 20.3 Å². The fraction of sp³-hybridized carbons (Fsp3) is 0.842. The highest BCUT2D eigenvalue weighted by Crippen LogP contribution is 2.42. The number of tetrazole rings is 1. The summed E-state index contributed by atoms with van der Waals surface area (Å²) in [4.78, 5) is 29.6. The van der Waals surface area contributed by atoms with E-state index in [0.29, 0.717) is 12.3 Å². The Morgan fingerprint density at radius 1 is 1.22 bits per heavy atom. The predicted octanol–water partition coefficient (Wildman–Crippen LogP) is 1.44. The van der Waals surface area contributed by atoms with Gasteiger partial charge in [0.25, 0.3) is 0 Å². The topological polar surface area (TPSA) is 84.2 Å². The highest BCUT2D eigenvalue weighted by atomic mass is 16.2. The van der Waals surface area contributed by atoms with Crippen LogP contribution in [0.15, 0.2) is 0 Å². The summed E-state index contributed by atoms with van der Waals surface area (Å²) in [5, 5.41) is 11.9. The number of aromatic nitrogens is 4. The maximum atomic E-state index is 13.2. The SMILES string of the molecule is CC(C)CN1CC2(CCN(C(=O)[C@@H]3CCCCn4nnnc43)CC2)CC1=O. The molecule has 1 spiro atoms. The predicted molar refractivity (Wildman–Crippen MR) is 98.7 cm³/mol. The van der Waals surface area contributed by atoms with Gasteiger partial charge in [-0.05, 0) is 42.0 Å². The van der Waals surface area contributed by atoms with E-state index < -0.39 is 0 Å². The molecule has 0 aliphatic carbocycles. The monoisotopic (exact) mass is 374 g/mol. The molecule has 27 heavy (non-hydrogen) atoms. The van der Waals surface area contributed by atoms with Gasteiger partial charge in [0.1, 0.15) is 0 Å². The molecule has 0 bridgehead atoms. The Bertz CT molecular complexity index is 707. The highest BCUT2D eigenvalue weighted by molar-refractivity contribution is 5.83. The lowest BCUT2D eigenvalue weighted by Gasteiger charge is -2.39. The number of carbonyl (C=O) groups is 2. The summed E-state index contributed by atoms with van der Waals surface area (Å²) in [6.45, 7) is 8.27. The molecule has 1 aromatic rings. The van der Waals surface area contributed by atoms with Crippen molar-refractivity contribution in [2.45, 2.75) is 64.8 Å². The number of piperidine rings is 1. The van der Waals surface area contributed by atoms with E-state index in [-0.39, 0.29) is 23.1 Å². The molecule has 0 saturated carbocycles. The largest absolute Gasteiger partial charge is 0.342 e. The van der Waals surface area contributed by atoms with Crippen LogP contribution in [0.4, 0.5) is 0 Å². The second-order valence-corrected chi connectivity index (χ2v) is 8.98. The zero-order valence-electron chi connectivity index (χ0n) is 16.4. The first kappa shape index (κ1) is 18.4. The van der Waals surface area contributed by atoms with Crippen molar-refractivity contribution in [1.82, 2.24) is 30.0 Å². The molecule has 4 rings (SSSR count). The highest BCUT2D eigenvalue weighted by Gasteiger charge is 2.46. The molecule has 2 amide bonds. The average Bonchev–Trinajstić information content (AvgIpc) is 3.14. The molecule has 8 nitrogen and oxygen atoms in total. The number of amides is 2. The van der Waals surface area contributed by atoms with E-state index in [1.807, 2.05) is 9.80 Å². The van der Waals surface area contributed by atoms with Crippen LogP contribution in [0.2, 0.25) is 0 Å². The Balaban J connectivity index is 1.40. The fourth-order valence-electron chi connectivity index (χ4n) is 4.94. The van der Waals surface area contributed by atoms with Gasteiger partial charge in [-0.3, -0.25) is 9.59 Å². The molecule has 148 valence electrons. The lowest BCUT2D eigenvalue weighted by atomic mass is 9.77. The molecule has 0 unspecified atom stereocenters. The summed E-state index contributed by atoms with van der Waals surface area (Å²) >= 11 is 0. The first-order valence-electron chi connectivity index (χ1n) is 10.3. The minimum absolute atomic E-state index is 0.0633. The molecular weight excluding hydrogens is 344 g/mol. The zero-order valence-corrected chi connectivity index (χ0v) is 16.4. The third kappa shape index (κ3) is 3.58. The lowest BCUT2D eigenvalue weighted by Crippen LogP contribution is -2.46.